The summed E-state index contributed by atoms with van der Waals surface area (Å²) in [5, 5.41) is 5.18. The molecule has 2 N–H and O–H groups in total. The number of hydrogen-bond acceptors (Lipinski definition) is 5. The summed E-state index contributed by atoms with van der Waals surface area (Å²) in [5.74, 6) is -2.37. The number of fused-ring (bicyclic) bond motifs is 1. The van der Waals surface area contributed by atoms with Crippen LogP contribution >= 0.6 is 11.6 Å². The second kappa shape index (κ2) is 8.82. The third-order valence-electron chi connectivity index (χ3n) is 5.53. The largest absolute Gasteiger partial charge is 0.446 e. The zero-order valence-electron chi connectivity index (χ0n) is 18.3. The minimum absolute atomic E-state index is 0.0297. The van der Waals surface area contributed by atoms with E-state index in [0.717, 1.165) is 0 Å². The van der Waals surface area contributed by atoms with Crippen LogP contribution in [-0.4, -0.2) is 27.1 Å². The fourth-order valence-electron chi connectivity index (χ4n) is 3.92. The maximum absolute atomic E-state index is 13.5. The van der Waals surface area contributed by atoms with Gasteiger partial charge in [0.25, 0.3) is 17.6 Å². The monoisotopic (exact) mass is 472 g/mol. The summed E-state index contributed by atoms with van der Waals surface area (Å²) in [4.78, 5) is 42.9. The van der Waals surface area contributed by atoms with Gasteiger partial charge in [0.05, 0.1) is 16.3 Å². The molecule has 1 atom stereocenters. The lowest BCUT2D eigenvalue weighted by atomic mass is 10.1. The predicted molar refractivity (Wildman–Crippen MR) is 119 cm³/mol. The Balaban J connectivity index is 1.60. The summed E-state index contributed by atoms with van der Waals surface area (Å²) >= 11 is 6.49. The molecule has 8 nitrogen and oxygen atoms in total. The average Bonchev–Trinajstić information content (AvgIpc) is 3.46. The first-order chi connectivity index (χ1) is 15.7. The first-order valence-corrected chi connectivity index (χ1v) is 10.8. The van der Waals surface area contributed by atoms with E-state index in [2.05, 4.69) is 15.6 Å². The number of hydrogen-bond donors (Lipinski definition) is 2. The number of aryl methyl sites for hydroxylation is 2. The fraction of sp³-hybridized carbons (Fsp3) is 0.304. The maximum Gasteiger partial charge on any atom is 0.294 e. The highest BCUT2D eigenvalue weighted by Crippen LogP contribution is 2.34. The van der Waals surface area contributed by atoms with E-state index in [1.807, 2.05) is 0 Å². The zero-order valence-corrected chi connectivity index (χ0v) is 19.0. The molecule has 33 heavy (non-hydrogen) atoms. The van der Waals surface area contributed by atoms with Gasteiger partial charge in [0, 0.05) is 17.9 Å². The van der Waals surface area contributed by atoms with Crippen molar-refractivity contribution >= 4 is 34.9 Å². The van der Waals surface area contributed by atoms with Crippen LogP contribution in [0.5, 0.6) is 0 Å². The number of Topliss-reactive ketones (excluding diaryl/α,β-unsaturated/α-hetero) is 1. The number of carbonyl (C=O) groups excluding carboxylic acids is 3. The molecule has 2 amide bonds. The summed E-state index contributed by atoms with van der Waals surface area (Å²) in [7, 11) is 0. The Morgan fingerprint density at radius 2 is 2.03 bits per heavy atom. The second-order valence-electron chi connectivity index (χ2n) is 8.01. The summed E-state index contributed by atoms with van der Waals surface area (Å²) in [6.45, 7) is 5.44. The molecule has 1 aromatic carbocycles. The smallest absolute Gasteiger partial charge is 0.294 e. The first-order valence-electron chi connectivity index (χ1n) is 10.4. The van der Waals surface area contributed by atoms with E-state index in [1.165, 1.54) is 24.5 Å². The van der Waals surface area contributed by atoms with Gasteiger partial charge in [-0.05, 0) is 57.4 Å². The van der Waals surface area contributed by atoms with E-state index in [-0.39, 0.29) is 28.0 Å². The van der Waals surface area contributed by atoms with E-state index in [1.54, 1.807) is 25.3 Å². The fourth-order valence-corrected chi connectivity index (χ4v) is 4.30. The Morgan fingerprint density at radius 3 is 2.70 bits per heavy atom. The molecule has 3 aromatic rings. The van der Waals surface area contributed by atoms with Gasteiger partial charge in [-0.15, -0.1) is 0 Å². The van der Waals surface area contributed by atoms with Crippen molar-refractivity contribution < 1.29 is 23.2 Å². The number of benzene rings is 1. The van der Waals surface area contributed by atoms with Gasteiger partial charge in [-0.3, -0.25) is 14.4 Å². The van der Waals surface area contributed by atoms with Gasteiger partial charge in [-0.25, -0.2) is 9.37 Å². The molecule has 1 aliphatic rings. The van der Waals surface area contributed by atoms with Crippen LogP contribution in [0, 0.1) is 19.7 Å². The molecule has 0 unspecified atom stereocenters. The second-order valence-corrected chi connectivity index (χ2v) is 8.39. The van der Waals surface area contributed by atoms with Gasteiger partial charge in [-0.1, -0.05) is 11.6 Å². The lowest BCUT2D eigenvalue weighted by molar-refractivity contribution is -0.117. The number of nitrogens with zero attached hydrogens (tertiary/aromatic N) is 2. The summed E-state index contributed by atoms with van der Waals surface area (Å²) in [5.41, 5.74) is 2.12. The minimum atomic E-state index is -0.881. The number of ketones is 1. The molecule has 2 aromatic heterocycles. The summed E-state index contributed by atoms with van der Waals surface area (Å²) in [6.07, 6.45) is 2.69. The number of nitrogens with one attached hydrogen (secondary N) is 2. The number of rotatable bonds is 6. The van der Waals surface area contributed by atoms with Crippen molar-refractivity contribution in [2.24, 2.45) is 0 Å². The van der Waals surface area contributed by atoms with E-state index in [4.69, 9.17) is 16.0 Å². The van der Waals surface area contributed by atoms with Crippen molar-refractivity contribution in [2.45, 2.75) is 46.2 Å². The van der Waals surface area contributed by atoms with Gasteiger partial charge in [0.2, 0.25) is 5.89 Å². The lowest BCUT2D eigenvalue weighted by Crippen LogP contribution is -2.34. The Kier molecular flexibility index (Phi) is 6.07. The van der Waals surface area contributed by atoms with Crippen LogP contribution in [0.4, 0.5) is 10.1 Å². The van der Waals surface area contributed by atoms with Crippen LogP contribution in [0.2, 0.25) is 5.02 Å². The molecule has 0 saturated heterocycles. The third-order valence-corrected chi connectivity index (χ3v) is 5.89. The number of aromatic nitrogens is 2. The van der Waals surface area contributed by atoms with Crippen molar-refractivity contribution in [3.05, 3.63) is 69.4 Å². The number of amides is 2. The highest BCUT2D eigenvalue weighted by molar-refractivity contribution is 6.48. The molecule has 0 saturated carbocycles. The Morgan fingerprint density at radius 1 is 1.27 bits per heavy atom. The maximum atomic E-state index is 13.5. The number of oxazole rings is 1. The van der Waals surface area contributed by atoms with Gasteiger partial charge in [-0.2, -0.15) is 0 Å². The van der Waals surface area contributed by atoms with Gasteiger partial charge in [0.15, 0.2) is 0 Å². The number of halogens is 2. The minimum Gasteiger partial charge on any atom is -0.446 e. The molecule has 172 valence electrons. The van der Waals surface area contributed by atoms with Crippen LogP contribution in [0.25, 0.3) is 0 Å². The van der Waals surface area contributed by atoms with Crippen LogP contribution in [0.3, 0.4) is 0 Å². The van der Waals surface area contributed by atoms with E-state index in [0.29, 0.717) is 42.0 Å². The molecule has 3 heterocycles. The van der Waals surface area contributed by atoms with Crippen LogP contribution in [0.1, 0.15) is 63.1 Å². The van der Waals surface area contributed by atoms with E-state index < -0.39 is 23.6 Å². The van der Waals surface area contributed by atoms with E-state index in [9.17, 15) is 18.8 Å². The average molecular weight is 473 g/mol. The molecule has 0 spiro atoms. The SMILES string of the molecule is Cc1coc([C@H](C)NC(=O)C(=O)c2c(Cl)c(C(=O)Nc3ccc(F)c(C)c3)c3n2CCC3)n1. The van der Waals surface area contributed by atoms with Crippen molar-refractivity contribution in [3.63, 3.8) is 0 Å². The molecule has 10 heteroatoms. The van der Waals surface area contributed by atoms with Crippen molar-refractivity contribution in [1.29, 1.82) is 0 Å². The third kappa shape index (κ3) is 4.28. The molecule has 1 aliphatic heterocycles. The summed E-state index contributed by atoms with van der Waals surface area (Å²) in [6, 6.07) is 3.57. The molecule has 0 fully saturated rings. The van der Waals surface area contributed by atoms with Gasteiger partial charge in [0.1, 0.15) is 23.8 Å². The van der Waals surface area contributed by atoms with Crippen LogP contribution in [-0.2, 0) is 17.8 Å². The number of carbonyl (C=O) groups is 3. The predicted octanol–water partition coefficient (Wildman–Crippen LogP) is 4.14. The van der Waals surface area contributed by atoms with Crippen LogP contribution < -0.4 is 10.6 Å². The Labute approximate surface area is 194 Å². The zero-order chi connectivity index (χ0) is 23.9. The molecular weight excluding hydrogens is 451 g/mol. The van der Waals surface area contributed by atoms with Crippen molar-refractivity contribution in [1.82, 2.24) is 14.9 Å². The topological polar surface area (TPSA) is 106 Å². The highest BCUT2D eigenvalue weighted by atomic mass is 35.5. The quantitative estimate of drug-likeness (QED) is 0.414. The molecule has 0 aliphatic carbocycles. The molecule has 0 bridgehead atoms. The Bertz CT molecular complexity index is 1280. The van der Waals surface area contributed by atoms with Crippen molar-refractivity contribution in [3.8, 4) is 0 Å². The first kappa shape index (κ1) is 22.7. The molecule has 4 rings (SSSR count). The lowest BCUT2D eigenvalue weighted by Gasteiger charge is -2.11. The Hall–Kier alpha value is -3.46. The van der Waals surface area contributed by atoms with Crippen molar-refractivity contribution in [2.75, 3.05) is 5.32 Å². The molecular formula is C23H22ClFN4O4. The molecule has 0 radical (unpaired) electrons. The van der Waals surface area contributed by atoms with Gasteiger partial charge < -0.3 is 19.6 Å². The van der Waals surface area contributed by atoms with Gasteiger partial charge >= 0.3 is 0 Å². The standard InChI is InChI=1S/C23H22ClFN4O4/c1-11-9-14(6-7-15(11)25)28-21(31)17-16-5-4-8-29(16)19(18(17)24)20(30)22(32)27-13(3)23-26-12(2)10-33-23/h6-7,9-10,13H,4-5,8H2,1-3H3,(H,27,32)(H,28,31)/t13-/m0/s1. The van der Waals surface area contributed by atoms with E-state index >= 15 is 0 Å². The number of anilines is 1. The normalized spacial score (nSPS) is 13.5. The highest BCUT2D eigenvalue weighted by Gasteiger charge is 2.35. The summed E-state index contributed by atoms with van der Waals surface area (Å²) < 4.78 is 20.4. The van der Waals surface area contributed by atoms with Crippen LogP contribution in [0.15, 0.2) is 28.9 Å².